The Morgan fingerprint density at radius 2 is 1.78 bits per heavy atom. The van der Waals surface area contributed by atoms with E-state index in [1.807, 2.05) is 12.1 Å². The molecule has 4 atom stereocenters. The number of fused-ring (bicyclic) bond motifs is 10. The Morgan fingerprint density at radius 3 is 2.56 bits per heavy atom. The van der Waals surface area contributed by atoms with Crippen molar-refractivity contribution in [1.29, 1.82) is 5.26 Å². The van der Waals surface area contributed by atoms with Crippen molar-refractivity contribution in [3.8, 4) is 6.07 Å². The number of hydrogen-bond donors (Lipinski definition) is 0. The topological polar surface area (TPSA) is 36.7 Å². The minimum atomic E-state index is 0.194. The molecule has 3 aliphatic rings. The van der Waals surface area contributed by atoms with Crippen molar-refractivity contribution in [2.24, 2.45) is 10.8 Å². The molecule has 2 heteroatoms. The van der Waals surface area contributed by atoms with Gasteiger partial charge in [0.1, 0.15) is 0 Å². The Morgan fingerprint density at radius 1 is 1.00 bits per heavy atom. The molecule has 1 heterocycles. The molecule has 0 saturated heterocycles. The fraction of sp³-hybridized carbons (Fsp3) is 0.440. The number of aromatic nitrogens is 1. The number of pyridine rings is 1. The molecule has 2 fully saturated rings. The van der Waals surface area contributed by atoms with Crippen LogP contribution < -0.4 is 0 Å². The van der Waals surface area contributed by atoms with E-state index in [0.29, 0.717) is 16.7 Å². The Bertz CT molecular complexity index is 1200. The summed E-state index contributed by atoms with van der Waals surface area (Å²) in [4.78, 5) is 4.95. The molecule has 27 heavy (non-hydrogen) atoms. The predicted molar refractivity (Wildman–Crippen MR) is 109 cm³/mol. The van der Waals surface area contributed by atoms with Gasteiger partial charge in [-0.1, -0.05) is 45.0 Å². The first-order valence-corrected chi connectivity index (χ1v) is 10.1. The van der Waals surface area contributed by atoms with E-state index in [4.69, 9.17) is 4.98 Å². The zero-order valence-corrected chi connectivity index (χ0v) is 16.3. The minimum absolute atomic E-state index is 0.194. The maximum atomic E-state index is 9.79. The first-order valence-electron chi connectivity index (χ1n) is 10.1. The highest BCUT2D eigenvalue weighted by Crippen LogP contribution is 2.76. The van der Waals surface area contributed by atoms with Gasteiger partial charge in [0, 0.05) is 22.4 Å². The maximum absolute atomic E-state index is 9.79. The quantitative estimate of drug-likeness (QED) is 0.451. The third kappa shape index (κ3) is 1.78. The van der Waals surface area contributed by atoms with Crippen molar-refractivity contribution < 1.29 is 0 Å². The highest BCUT2D eigenvalue weighted by Gasteiger charge is 2.66. The molecule has 2 saturated carbocycles. The van der Waals surface area contributed by atoms with Crippen LogP contribution in [-0.2, 0) is 5.41 Å². The molecule has 3 aliphatic carbocycles. The number of hydrogen-bond acceptors (Lipinski definition) is 2. The van der Waals surface area contributed by atoms with E-state index in [0.717, 1.165) is 21.9 Å². The lowest BCUT2D eigenvalue weighted by Gasteiger charge is -2.31. The van der Waals surface area contributed by atoms with Crippen LogP contribution in [0.5, 0.6) is 0 Å². The molecule has 3 aromatic rings. The van der Waals surface area contributed by atoms with Gasteiger partial charge in [-0.15, -0.1) is 0 Å². The molecule has 0 amide bonds. The van der Waals surface area contributed by atoms with Crippen LogP contribution in [0.25, 0.3) is 21.7 Å². The Labute approximate surface area is 160 Å². The van der Waals surface area contributed by atoms with Gasteiger partial charge < -0.3 is 0 Å². The minimum Gasteiger partial charge on any atom is -0.255 e. The summed E-state index contributed by atoms with van der Waals surface area (Å²) in [7, 11) is 0. The molecule has 0 N–H and O–H groups in total. The van der Waals surface area contributed by atoms with Crippen LogP contribution in [0.3, 0.4) is 0 Å². The fourth-order valence-corrected chi connectivity index (χ4v) is 7.03. The van der Waals surface area contributed by atoms with Crippen LogP contribution in [-0.4, -0.2) is 4.98 Å². The predicted octanol–water partition coefficient (Wildman–Crippen LogP) is 6.21. The van der Waals surface area contributed by atoms with Gasteiger partial charge in [-0.2, -0.15) is 5.26 Å². The molecule has 0 radical (unpaired) electrons. The maximum Gasteiger partial charge on any atom is 0.0998 e. The number of rotatable bonds is 0. The van der Waals surface area contributed by atoms with Crippen molar-refractivity contribution in [2.45, 2.75) is 57.8 Å². The summed E-state index contributed by atoms with van der Waals surface area (Å²) < 4.78 is 0. The molecular weight excluding hydrogens is 328 g/mol. The van der Waals surface area contributed by atoms with Crippen LogP contribution >= 0.6 is 0 Å². The van der Waals surface area contributed by atoms with Gasteiger partial charge in [0.15, 0.2) is 0 Å². The Balaban J connectivity index is 1.71. The summed E-state index contributed by atoms with van der Waals surface area (Å²) in [6.07, 6.45) is 7.31. The average Bonchev–Trinajstić information content (AvgIpc) is 3.05. The van der Waals surface area contributed by atoms with Gasteiger partial charge in [-0.25, -0.2) is 0 Å². The average molecular weight is 352 g/mol. The highest BCUT2D eigenvalue weighted by molar-refractivity contribution is 6.09. The molecule has 2 bridgehead atoms. The van der Waals surface area contributed by atoms with Gasteiger partial charge in [0.2, 0.25) is 0 Å². The van der Waals surface area contributed by atoms with E-state index in [9.17, 15) is 5.26 Å². The number of nitriles is 1. The summed E-state index contributed by atoms with van der Waals surface area (Å²) in [6.45, 7) is 7.46. The molecule has 0 aliphatic heterocycles. The second-order valence-electron chi connectivity index (χ2n) is 10.2. The number of benzene rings is 2. The normalized spacial score (nSPS) is 36.1. The van der Waals surface area contributed by atoms with Gasteiger partial charge in [0.05, 0.1) is 17.1 Å². The summed E-state index contributed by atoms with van der Waals surface area (Å²) in [5.74, 6) is 0.619. The lowest BCUT2D eigenvalue weighted by atomic mass is 9.73. The zero-order chi connectivity index (χ0) is 18.6. The number of nitrogens with zero attached hydrogens (tertiary/aromatic N) is 2. The standard InChI is InChI=1S/C25H24N2/c1-23-9-16(10-24(2)14-25(24,3)13-23)20-12-27-22-18-7-5-4-6-17(18)15(11-26)8-19(22)21(20)23/h4-8,12,16H,9-10,13-14H2,1-3H3. The summed E-state index contributed by atoms with van der Waals surface area (Å²) in [5.41, 5.74) is 5.97. The van der Waals surface area contributed by atoms with Crippen LogP contribution in [0.4, 0.5) is 0 Å². The monoisotopic (exact) mass is 352 g/mol. The summed E-state index contributed by atoms with van der Waals surface area (Å²) in [6, 6.07) is 12.8. The van der Waals surface area contributed by atoms with Gasteiger partial charge in [0.25, 0.3) is 0 Å². The van der Waals surface area contributed by atoms with Gasteiger partial charge >= 0.3 is 0 Å². The Kier molecular flexibility index (Phi) is 2.62. The first-order chi connectivity index (χ1) is 12.9. The van der Waals surface area contributed by atoms with Crippen molar-refractivity contribution >= 4 is 21.7 Å². The largest absolute Gasteiger partial charge is 0.255 e. The lowest BCUT2D eigenvalue weighted by Crippen LogP contribution is -2.24. The highest BCUT2D eigenvalue weighted by atomic mass is 14.7. The van der Waals surface area contributed by atoms with Crippen molar-refractivity contribution in [3.63, 3.8) is 0 Å². The summed E-state index contributed by atoms with van der Waals surface area (Å²) in [5, 5.41) is 13.1. The summed E-state index contributed by atoms with van der Waals surface area (Å²) >= 11 is 0. The van der Waals surface area contributed by atoms with Gasteiger partial charge in [-0.05, 0) is 65.0 Å². The third-order valence-corrected chi connectivity index (χ3v) is 8.36. The van der Waals surface area contributed by atoms with E-state index in [2.05, 4.69) is 51.2 Å². The molecule has 2 nitrogen and oxygen atoms in total. The fourth-order valence-electron chi connectivity index (χ4n) is 7.03. The van der Waals surface area contributed by atoms with Crippen LogP contribution in [0.1, 0.15) is 69.1 Å². The molecule has 0 spiro atoms. The zero-order valence-electron chi connectivity index (χ0n) is 16.3. The third-order valence-electron chi connectivity index (χ3n) is 8.36. The lowest BCUT2D eigenvalue weighted by molar-refractivity contribution is 0.305. The second-order valence-corrected chi connectivity index (χ2v) is 10.2. The Hall–Kier alpha value is -2.40. The van der Waals surface area contributed by atoms with E-state index in [1.165, 1.54) is 42.2 Å². The van der Waals surface area contributed by atoms with Crippen molar-refractivity contribution in [1.82, 2.24) is 4.98 Å². The smallest absolute Gasteiger partial charge is 0.0998 e. The second kappa shape index (κ2) is 4.53. The van der Waals surface area contributed by atoms with E-state index in [1.54, 1.807) is 0 Å². The first kappa shape index (κ1) is 15.6. The molecule has 2 aromatic carbocycles. The molecule has 1 aromatic heterocycles. The van der Waals surface area contributed by atoms with E-state index < -0.39 is 0 Å². The molecule has 4 unspecified atom stereocenters. The SMILES string of the molecule is CC12CC(CC3(C)CC3(C)C1)c1cnc3c(cc(C#N)c4ccccc43)c12. The van der Waals surface area contributed by atoms with Crippen LogP contribution in [0.2, 0.25) is 0 Å². The molecular formula is C25H24N2. The van der Waals surface area contributed by atoms with Crippen molar-refractivity contribution in [3.05, 3.63) is 53.2 Å². The van der Waals surface area contributed by atoms with E-state index in [-0.39, 0.29) is 5.41 Å². The molecule has 134 valence electrons. The van der Waals surface area contributed by atoms with Crippen LogP contribution in [0, 0.1) is 22.2 Å². The van der Waals surface area contributed by atoms with Crippen LogP contribution in [0.15, 0.2) is 36.5 Å². The van der Waals surface area contributed by atoms with E-state index >= 15 is 0 Å². The molecule has 6 rings (SSSR count). The van der Waals surface area contributed by atoms with Crippen molar-refractivity contribution in [2.75, 3.05) is 0 Å². The van der Waals surface area contributed by atoms with Gasteiger partial charge in [-0.3, -0.25) is 4.98 Å².